The molecule has 0 saturated carbocycles. The Bertz CT molecular complexity index is 1250. The number of carbonyl (C=O) groups is 2. The van der Waals surface area contributed by atoms with E-state index in [4.69, 9.17) is 14.2 Å². The van der Waals surface area contributed by atoms with Crippen molar-refractivity contribution in [3.63, 3.8) is 0 Å². The van der Waals surface area contributed by atoms with Crippen molar-refractivity contribution < 1.29 is 28.2 Å². The third kappa shape index (κ3) is 6.57. The summed E-state index contributed by atoms with van der Waals surface area (Å²) >= 11 is 0. The number of halogens is 1. The lowest BCUT2D eigenvalue weighted by Gasteiger charge is -2.31. The van der Waals surface area contributed by atoms with Crippen LogP contribution >= 0.6 is 0 Å². The number of rotatable bonds is 12. The molecule has 38 heavy (non-hydrogen) atoms. The van der Waals surface area contributed by atoms with Crippen molar-refractivity contribution in [2.24, 2.45) is 0 Å². The molecule has 1 aliphatic rings. The lowest BCUT2D eigenvalue weighted by molar-refractivity contribution is -0.141. The SMILES string of the molecule is COC(=O)C[C@H](N[C@H]1c2ccccc2C(=O)N1CCCOC(C)C)c1ccc(F)c(Oc2ccccc2)c1. The molecule has 0 bridgehead atoms. The average molecular weight is 521 g/mol. The quantitative estimate of drug-likeness (QED) is 0.241. The van der Waals surface area contributed by atoms with Crippen LogP contribution < -0.4 is 10.1 Å². The third-order valence-electron chi connectivity index (χ3n) is 6.34. The van der Waals surface area contributed by atoms with Gasteiger partial charge in [0.2, 0.25) is 0 Å². The Balaban J connectivity index is 1.63. The summed E-state index contributed by atoms with van der Waals surface area (Å²) in [5.41, 5.74) is 2.06. The first-order valence-corrected chi connectivity index (χ1v) is 12.7. The largest absolute Gasteiger partial charge is 0.469 e. The van der Waals surface area contributed by atoms with E-state index in [1.807, 2.05) is 38.1 Å². The summed E-state index contributed by atoms with van der Waals surface area (Å²) in [6.07, 6.45) is 0.245. The maximum Gasteiger partial charge on any atom is 0.307 e. The smallest absolute Gasteiger partial charge is 0.307 e. The van der Waals surface area contributed by atoms with Crippen molar-refractivity contribution in [1.82, 2.24) is 10.2 Å². The van der Waals surface area contributed by atoms with E-state index in [1.165, 1.54) is 13.2 Å². The fourth-order valence-electron chi connectivity index (χ4n) is 4.48. The van der Waals surface area contributed by atoms with Crippen LogP contribution in [0.1, 0.15) is 60.4 Å². The van der Waals surface area contributed by atoms with E-state index in [0.717, 1.165) is 5.56 Å². The Labute approximate surface area is 222 Å². The van der Waals surface area contributed by atoms with Gasteiger partial charge in [0.25, 0.3) is 5.91 Å². The van der Waals surface area contributed by atoms with E-state index in [9.17, 15) is 14.0 Å². The number of amides is 1. The molecule has 4 rings (SSSR count). The summed E-state index contributed by atoms with van der Waals surface area (Å²) < 4.78 is 31.1. The normalized spacial score (nSPS) is 15.4. The zero-order chi connectivity index (χ0) is 27.1. The van der Waals surface area contributed by atoms with Crippen molar-refractivity contribution in [3.05, 3.63) is 95.3 Å². The Morgan fingerprint density at radius 1 is 1.05 bits per heavy atom. The molecule has 2 atom stereocenters. The highest BCUT2D eigenvalue weighted by atomic mass is 19.1. The van der Waals surface area contributed by atoms with Gasteiger partial charge < -0.3 is 19.1 Å². The molecule has 3 aromatic carbocycles. The average Bonchev–Trinajstić information content (AvgIpc) is 3.18. The molecule has 1 heterocycles. The van der Waals surface area contributed by atoms with E-state index in [0.29, 0.717) is 36.4 Å². The standard InChI is InChI=1S/C30H33FN2O5/c1-20(2)37-17-9-16-33-29(23-12-7-8-13-24(23)30(33)35)32-26(19-28(34)36-3)21-14-15-25(31)27(18-21)38-22-10-5-4-6-11-22/h4-8,10-15,18,20,26,29,32H,9,16-17,19H2,1-3H3/t26-,29+/m0/s1. The second kappa shape index (κ2) is 12.7. The van der Waals surface area contributed by atoms with Gasteiger partial charge in [-0.1, -0.05) is 42.5 Å². The van der Waals surface area contributed by atoms with Crippen LogP contribution in [0.15, 0.2) is 72.8 Å². The second-order valence-electron chi connectivity index (χ2n) is 9.37. The minimum Gasteiger partial charge on any atom is -0.469 e. The number of fused-ring (bicyclic) bond motifs is 1. The maximum absolute atomic E-state index is 14.7. The van der Waals surface area contributed by atoms with Gasteiger partial charge in [-0.2, -0.15) is 0 Å². The fraction of sp³-hybridized carbons (Fsp3) is 0.333. The van der Waals surface area contributed by atoms with Crippen molar-refractivity contribution in [3.8, 4) is 11.5 Å². The van der Waals surface area contributed by atoms with E-state index in [-0.39, 0.29) is 24.2 Å². The van der Waals surface area contributed by atoms with Crippen molar-refractivity contribution in [2.75, 3.05) is 20.3 Å². The van der Waals surface area contributed by atoms with Gasteiger partial charge in [0, 0.05) is 30.3 Å². The van der Waals surface area contributed by atoms with Crippen LogP contribution in [0, 0.1) is 5.82 Å². The second-order valence-corrected chi connectivity index (χ2v) is 9.37. The highest BCUT2D eigenvalue weighted by Crippen LogP contribution is 2.36. The number of nitrogens with one attached hydrogen (secondary N) is 1. The summed E-state index contributed by atoms with van der Waals surface area (Å²) in [4.78, 5) is 27.5. The van der Waals surface area contributed by atoms with Crippen molar-refractivity contribution in [2.45, 2.75) is 45.0 Å². The first-order valence-electron chi connectivity index (χ1n) is 12.7. The van der Waals surface area contributed by atoms with Crippen LogP contribution in [0.3, 0.4) is 0 Å². The zero-order valence-corrected chi connectivity index (χ0v) is 21.9. The van der Waals surface area contributed by atoms with E-state index in [2.05, 4.69) is 5.32 Å². The van der Waals surface area contributed by atoms with Gasteiger partial charge in [0.05, 0.1) is 19.6 Å². The number of esters is 1. The van der Waals surface area contributed by atoms with Crippen LogP contribution in [-0.4, -0.2) is 43.1 Å². The molecule has 1 amide bonds. The molecule has 200 valence electrons. The summed E-state index contributed by atoms with van der Waals surface area (Å²) in [5, 5.41) is 3.48. The molecule has 0 radical (unpaired) electrons. The van der Waals surface area contributed by atoms with Gasteiger partial charge in [-0.05, 0) is 56.2 Å². The highest BCUT2D eigenvalue weighted by molar-refractivity contribution is 5.99. The summed E-state index contributed by atoms with van der Waals surface area (Å²) in [6, 6.07) is 20.2. The number of carbonyl (C=O) groups excluding carboxylic acids is 2. The van der Waals surface area contributed by atoms with E-state index >= 15 is 0 Å². The summed E-state index contributed by atoms with van der Waals surface area (Å²) in [5.74, 6) is -0.525. The maximum atomic E-state index is 14.7. The lowest BCUT2D eigenvalue weighted by atomic mass is 10.0. The van der Waals surface area contributed by atoms with Gasteiger partial charge in [-0.15, -0.1) is 0 Å². The molecular formula is C30H33FN2O5. The van der Waals surface area contributed by atoms with Crippen molar-refractivity contribution in [1.29, 1.82) is 0 Å². The Morgan fingerprint density at radius 2 is 1.79 bits per heavy atom. The van der Waals surface area contributed by atoms with Gasteiger partial charge in [-0.3, -0.25) is 14.9 Å². The first-order chi connectivity index (χ1) is 18.4. The van der Waals surface area contributed by atoms with Crippen LogP contribution in [-0.2, 0) is 14.3 Å². The number of ether oxygens (including phenoxy) is 3. The molecule has 0 aromatic heterocycles. The van der Waals surface area contributed by atoms with Gasteiger partial charge >= 0.3 is 5.97 Å². The topological polar surface area (TPSA) is 77.1 Å². The minimum atomic E-state index is -0.584. The Morgan fingerprint density at radius 3 is 2.53 bits per heavy atom. The lowest BCUT2D eigenvalue weighted by Crippen LogP contribution is -2.40. The molecule has 0 unspecified atom stereocenters. The van der Waals surface area contributed by atoms with Gasteiger partial charge in [0.15, 0.2) is 11.6 Å². The predicted octanol–water partition coefficient (Wildman–Crippen LogP) is 5.78. The molecule has 3 aromatic rings. The molecule has 0 spiro atoms. The molecule has 8 heteroatoms. The molecule has 0 fully saturated rings. The van der Waals surface area contributed by atoms with Crippen LogP contribution in [0.5, 0.6) is 11.5 Å². The molecule has 1 N–H and O–H groups in total. The predicted molar refractivity (Wildman–Crippen MR) is 141 cm³/mol. The Hall–Kier alpha value is -3.75. The number of methoxy groups -OCH3 is 1. The number of nitrogens with zero attached hydrogens (tertiary/aromatic N) is 1. The molecule has 0 saturated heterocycles. The highest BCUT2D eigenvalue weighted by Gasteiger charge is 2.37. The fourth-order valence-corrected chi connectivity index (χ4v) is 4.48. The van der Waals surface area contributed by atoms with Crippen LogP contribution in [0.2, 0.25) is 0 Å². The monoisotopic (exact) mass is 520 g/mol. The molecule has 0 aliphatic carbocycles. The number of hydrogen-bond donors (Lipinski definition) is 1. The summed E-state index contributed by atoms with van der Waals surface area (Å²) in [7, 11) is 1.32. The number of para-hydroxylation sites is 1. The van der Waals surface area contributed by atoms with Crippen LogP contribution in [0.25, 0.3) is 0 Å². The third-order valence-corrected chi connectivity index (χ3v) is 6.34. The molecular weight excluding hydrogens is 487 g/mol. The van der Waals surface area contributed by atoms with Crippen LogP contribution in [0.4, 0.5) is 4.39 Å². The first kappa shape index (κ1) is 27.3. The van der Waals surface area contributed by atoms with Gasteiger partial charge in [0.1, 0.15) is 11.9 Å². The minimum absolute atomic E-state index is 0.0237. The number of hydrogen-bond acceptors (Lipinski definition) is 6. The van der Waals surface area contributed by atoms with E-state index < -0.39 is 24.0 Å². The van der Waals surface area contributed by atoms with E-state index in [1.54, 1.807) is 47.4 Å². The molecule has 7 nitrogen and oxygen atoms in total. The number of benzene rings is 3. The van der Waals surface area contributed by atoms with Gasteiger partial charge in [-0.25, -0.2) is 4.39 Å². The molecule has 1 aliphatic heterocycles. The summed E-state index contributed by atoms with van der Waals surface area (Å²) in [6.45, 7) is 4.93. The Kier molecular flexibility index (Phi) is 9.10. The zero-order valence-electron chi connectivity index (χ0n) is 21.9. The van der Waals surface area contributed by atoms with Crippen molar-refractivity contribution >= 4 is 11.9 Å².